The molecule has 0 unspecified atom stereocenters. The van der Waals surface area contributed by atoms with E-state index >= 15 is 0 Å². The fourth-order valence-corrected chi connectivity index (χ4v) is 3.65. The molecular formula is C14H18Br2ClF3N2O2. The van der Waals surface area contributed by atoms with Crippen LogP contribution in [0.1, 0.15) is 18.0 Å². The van der Waals surface area contributed by atoms with E-state index in [0.717, 1.165) is 0 Å². The molecule has 4 nitrogen and oxygen atoms in total. The van der Waals surface area contributed by atoms with Crippen LogP contribution in [-0.2, 0) is 0 Å². The maximum atomic E-state index is 13.1. The molecule has 0 spiro atoms. The number of nitrogens with zero attached hydrogens (tertiary/aromatic N) is 1. The summed E-state index contributed by atoms with van der Waals surface area (Å²) in [7, 11) is 1.36. The molecule has 138 valence electrons. The molecule has 0 aliphatic carbocycles. The van der Waals surface area contributed by atoms with Crippen molar-refractivity contribution in [2.45, 2.75) is 18.6 Å². The van der Waals surface area contributed by atoms with Crippen LogP contribution in [0.5, 0.6) is 11.5 Å². The van der Waals surface area contributed by atoms with Gasteiger partial charge in [0.25, 0.3) is 0 Å². The van der Waals surface area contributed by atoms with Gasteiger partial charge in [0.15, 0.2) is 11.5 Å². The van der Waals surface area contributed by atoms with Gasteiger partial charge in [-0.3, -0.25) is 4.90 Å². The van der Waals surface area contributed by atoms with Gasteiger partial charge in [0, 0.05) is 36.7 Å². The Balaban J connectivity index is 0.00000288. The maximum absolute atomic E-state index is 13.1. The number of aromatic hydroxyl groups is 1. The van der Waals surface area contributed by atoms with Gasteiger partial charge in [-0.2, -0.15) is 13.2 Å². The summed E-state index contributed by atoms with van der Waals surface area (Å²) < 4.78 is 45.0. The minimum atomic E-state index is -4.30. The third-order valence-corrected chi connectivity index (χ3v) is 5.93. The molecule has 1 atom stereocenters. The van der Waals surface area contributed by atoms with E-state index in [-0.39, 0.29) is 28.4 Å². The number of alkyl halides is 3. The van der Waals surface area contributed by atoms with E-state index in [4.69, 9.17) is 4.74 Å². The first-order chi connectivity index (χ1) is 10.7. The van der Waals surface area contributed by atoms with Gasteiger partial charge in [-0.05, 0) is 43.5 Å². The maximum Gasteiger partial charge on any atom is 0.390 e. The summed E-state index contributed by atoms with van der Waals surface area (Å²) in [6.45, 7) is 2.33. The molecule has 1 saturated heterocycles. The highest BCUT2D eigenvalue weighted by molar-refractivity contribution is 9.13. The van der Waals surface area contributed by atoms with Crippen molar-refractivity contribution in [1.82, 2.24) is 10.2 Å². The van der Waals surface area contributed by atoms with E-state index in [1.807, 2.05) is 0 Å². The topological polar surface area (TPSA) is 44.7 Å². The number of phenolic OH excluding ortho intramolecular Hbond substituents is 1. The summed E-state index contributed by atoms with van der Waals surface area (Å²) in [6, 6.07) is 0.611. The van der Waals surface area contributed by atoms with E-state index in [1.54, 1.807) is 4.90 Å². The third kappa shape index (κ3) is 5.14. The van der Waals surface area contributed by atoms with E-state index in [9.17, 15) is 18.3 Å². The Morgan fingerprint density at radius 2 is 1.88 bits per heavy atom. The van der Waals surface area contributed by atoms with Gasteiger partial charge in [0.2, 0.25) is 0 Å². The number of rotatable bonds is 4. The zero-order chi connectivity index (χ0) is 17.2. The van der Waals surface area contributed by atoms with E-state index in [0.29, 0.717) is 36.2 Å². The SMILES string of the molecule is COc1cc([C@@H](CC(F)(F)F)N2CCNCC2)c(Br)c(Br)c1O.Cl. The molecular weight excluding hydrogens is 480 g/mol. The highest BCUT2D eigenvalue weighted by Gasteiger charge is 2.37. The summed E-state index contributed by atoms with van der Waals surface area (Å²) in [5.74, 6) is -0.00780. The highest BCUT2D eigenvalue weighted by atomic mass is 79.9. The number of phenols is 1. The molecule has 1 aliphatic rings. The van der Waals surface area contributed by atoms with Crippen LogP contribution in [0.2, 0.25) is 0 Å². The van der Waals surface area contributed by atoms with E-state index < -0.39 is 18.6 Å². The second-order valence-corrected chi connectivity index (χ2v) is 6.85. The molecule has 2 rings (SSSR count). The van der Waals surface area contributed by atoms with Crippen molar-refractivity contribution in [1.29, 1.82) is 0 Å². The Morgan fingerprint density at radius 3 is 2.38 bits per heavy atom. The normalized spacial score (nSPS) is 17.2. The smallest absolute Gasteiger partial charge is 0.390 e. The summed E-state index contributed by atoms with van der Waals surface area (Å²) >= 11 is 6.50. The van der Waals surface area contributed by atoms with Gasteiger partial charge in [-0.25, -0.2) is 0 Å². The predicted molar refractivity (Wildman–Crippen MR) is 95.2 cm³/mol. The Labute approximate surface area is 161 Å². The van der Waals surface area contributed by atoms with Crippen LogP contribution < -0.4 is 10.1 Å². The van der Waals surface area contributed by atoms with Gasteiger partial charge in [0.1, 0.15) is 0 Å². The average molecular weight is 499 g/mol. The lowest BCUT2D eigenvalue weighted by atomic mass is 10.00. The van der Waals surface area contributed by atoms with Gasteiger partial charge >= 0.3 is 6.18 Å². The van der Waals surface area contributed by atoms with Gasteiger partial charge in [-0.15, -0.1) is 12.4 Å². The number of hydrogen-bond donors (Lipinski definition) is 2. The number of benzene rings is 1. The lowest BCUT2D eigenvalue weighted by molar-refractivity contribution is -0.148. The van der Waals surface area contributed by atoms with E-state index in [1.165, 1.54) is 13.2 Å². The molecule has 0 saturated carbocycles. The Bertz CT molecular complexity index is 570. The monoisotopic (exact) mass is 496 g/mol. The van der Waals surface area contributed by atoms with Crippen molar-refractivity contribution in [2.75, 3.05) is 33.3 Å². The molecule has 1 fully saturated rings. The molecule has 1 aromatic rings. The van der Waals surface area contributed by atoms with Crippen LogP contribution in [0.25, 0.3) is 0 Å². The Kier molecular flexibility index (Phi) is 8.12. The van der Waals surface area contributed by atoms with Gasteiger partial charge in [0.05, 0.1) is 18.0 Å². The van der Waals surface area contributed by atoms with Crippen molar-refractivity contribution < 1.29 is 23.0 Å². The molecule has 0 aromatic heterocycles. The van der Waals surface area contributed by atoms with E-state index in [2.05, 4.69) is 37.2 Å². The fourth-order valence-electron chi connectivity index (χ4n) is 2.66. The minimum absolute atomic E-state index is 0. The molecule has 2 N–H and O–H groups in total. The van der Waals surface area contributed by atoms with Crippen LogP contribution in [0, 0.1) is 0 Å². The number of ether oxygens (including phenoxy) is 1. The van der Waals surface area contributed by atoms with Crippen LogP contribution in [0.3, 0.4) is 0 Å². The fraction of sp³-hybridized carbons (Fsp3) is 0.571. The van der Waals surface area contributed by atoms with Crippen molar-refractivity contribution in [2.24, 2.45) is 0 Å². The average Bonchev–Trinajstić information content (AvgIpc) is 2.51. The lowest BCUT2D eigenvalue weighted by Gasteiger charge is -2.36. The second kappa shape index (κ2) is 8.93. The van der Waals surface area contributed by atoms with Crippen molar-refractivity contribution in [3.8, 4) is 11.5 Å². The first kappa shape index (κ1) is 21.8. The molecule has 1 aromatic carbocycles. The Morgan fingerprint density at radius 1 is 1.29 bits per heavy atom. The Hall–Kier alpha value is -0.220. The quantitative estimate of drug-likeness (QED) is 0.652. The molecule has 0 bridgehead atoms. The molecule has 1 heterocycles. The molecule has 10 heteroatoms. The highest BCUT2D eigenvalue weighted by Crippen LogP contribution is 2.46. The summed E-state index contributed by atoms with van der Waals surface area (Å²) in [4.78, 5) is 1.80. The molecule has 0 radical (unpaired) electrons. The minimum Gasteiger partial charge on any atom is -0.503 e. The summed E-state index contributed by atoms with van der Waals surface area (Å²) in [6.07, 6.45) is -5.27. The van der Waals surface area contributed by atoms with Gasteiger partial charge in [-0.1, -0.05) is 0 Å². The number of methoxy groups -OCH3 is 1. The zero-order valence-corrected chi connectivity index (χ0v) is 16.8. The standard InChI is InChI=1S/C14H17Br2F3N2O2.ClH/c1-23-10-6-8(11(15)12(16)13(10)22)9(7-14(17,18)19)21-4-2-20-3-5-21;/h6,9,20,22H,2-5,7H2,1H3;1H/t9-;/m1./s1. The summed E-state index contributed by atoms with van der Waals surface area (Å²) in [5.41, 5.74) is 0.436. The van der Waals surface area contributed by atoms with Crippen molar-refractivity contribution >= 4 is 44.3 Å². The van der Waals surface area contributed by atoms with Crippen molar-refractivity contribution in [3.63, 3.8) is 0 Å². The number of piperazine rings is 1. The number of nitrogens with one attached hydrogen (secondary N) is 1. The predicted octanol–water partition coefficient (Wildman–Crippen LogP) is 4.25. The zero-order valence-electron chi connectivity index (χ0n) is 12.8. The first-order valence-electron chi connectivity index (χ1n) is 7.01. The molecule has 1 aliphatic heterocycles. The lowest BCUT2D eigenvalue weighted by Crippen LogP contribution is -2.46. The number of hydrogen-bond acceptors (Lipinski definition) is 4. The summed E-state index contributed by atoms with van der Waals surface area (Å²) in [5, 5.41) is 13.1. The first-order valence-corrected chi connectivity index (χ1v) is 8.59. The third-order valence-electron chi connectivity index (χ3n) is 3.77. The second-order valence-electron chi connectivity index (χ2n) is 5.27. The van der Waals surface area contributed by atoms with Crippen LogP contribution >= 0.6 is 44.3 Å². The van der Waals surface area contributed by atoms with Crippen LogP contribution in [-0.4, -0.2) is 49.5 Å². The molecule has 24 heavy (non-hydrogen) atoms. The van der Waals surface area contributed by atoms with Gasteiger partial charge < -0.3 is 15.2 Å². The largest absolute Gasteiger partial charge is 0.503 e. The van der Waals surface area contributed by atoms with Crippen LogP contribution in [0.15, 0.2) is 15.0 Å². The number of halogens is 6. The van der Waals surface area contributed by atoms with Crippen molar-refractivity contribution in [3.05, 3.63) is 20.6 Å². The molecule has 0 amide bonds. The van der Waals surface area contributed by atoms with Crippen LogP contribution in [0.4, 0.5) is 13.2 Å².